The van der Waals surface area contributed by atoms with E-state index in [1.165, 1.54) is 29.2 Å². The first-order chi connectivity index (χ1) is 12.7. The molecule has 0 saturated carbocycles. The van der Waals surface area contributed by atoms with Crippen LogP contribution in [-0.2, 0) is 14.8 Å². The Bertz CT molecular complexity index is 762. The molecule has 0 aromatic heterocycles. The van der Waals surface area contributed by atoms with Gasteiger partial charge in [0, 0.05) is 25.3 Å². The largest absolute Gasteiger partial charge is 0.481 e. The van der Waals surface area contributed by atoms with Gasteiger partial charge >= 0.3 is 12.0 Å². The van der Waals surface area contributed by atoms with E-state index in [9.17, 15) is 18.0 Å². The van der Waals surface area contributed by atoms with E-state index >= 15 is 0 Å². The minimum absolute atomic E-state index is 0.133. The first-order valence-corrected chi connectivity index (χ1v) is 10.6. The van der Waals surface area contributed by atoms with Gasteiger partial charge in [0.2, 0.25) is 10.0 Å². The fraction of sp³-hybridized carbons (Fsp3) is 0.556. The highest BCUT2D eigenvalue weighted by Gasteiger charge is 2.28. The lowest BCUT2D eigenvalue weighted by molar-refractivity contribution is -0.143. The second-order valence-corrected chi connectivity index (χ2v) is 8.93. The topological polar surface area (TPSA) is 116 Å². The van der Waals surface area contributed by atoms with Crippen molar-refractivity contribution in [3.05, 3.63) is 24.3 Å². The quantitative estimate of drug-likeness (QED) is 0.653. The number of carboxylic acids is 1. The van der Waals surface area contributed by atoms with Crippen LogP contribution in [0.3, 0.4) is 0 Å². The van der Waals surface area contributed by atoms with Crippen molar-refractivity contribution < 1.29 is 23.1 Å². The standard InChI is InChI=1S/C18H27N3O5S/c1-13(2)9-10-19-27(25,26)16-7-5-15(6-8-16)20-18(24)21-11-3-4-14(12-21)17(22)23/h5-8,13-14,19H,3-4,9-12H2,1-2H3,(H,20,24)(H,22,23). The minimum atomic E-state index is -3.58. The Morgan fingerprint density at radius 3 is 2.52 bits per heavy atom. The summed E-state index contributed by atoms with van der Waals surface area (Å²) in [5.74, 6) is -1.04. The van der Waals surface area contributed by atoms with Crippen molar-refractivity contribution >= 4 is 27.7 Å². The Morgan fingerprint density at radius 2 is 1.93 bits per heavy atom. The lowest BCUT2D eigenvalue weighted by atomic mass is 9.99. The number of sulfonamides is 1. The van der Waals surface area contributed by atoms with E-state index < -0.39 is 21.9 Å². The maximum Gasteiger partial charge on any atom is 0.321 e. The molecule has 9 heteroatoms. The zero-order valence-electron chi connectivity index (χ0n) is 15.6. The second kappa shape index (κ2) is 9.18. The molecule has 3 N–H and O–H groups in total. The fourth-order valence-electron chi connectivity index (χ4n) is 2.85. The third-order valence-electron chi connectivity index (χ3n) is 4.49. The first kappa shape index (κ1) is 21.2. The molecule has 1 atom stereocenters. The molecule has 27 heavy (non-hydrogen) atoms. The van der Waals surface area contributed by atoms with Crippen molar-refractivity contribution in [3.63, 3.8) is 0 Å². The van der Waals surface area contributed by atoms with Crippen LogP contribution in [0.4, 0.5) is 10.5 Å². The number of benzene rings is 1. The molecule has 2 rings (SSSR count). The first-order valence-electron chi connectivity index (χ1n) is 9.07. The number of urea groups is 1. The van der Waals surface area contributed by atoms with Crippen LogP contribution >= 0.6 is 0 Å². The van der Waals surface area contributed by atoms with Gasteiger partial charge in [-0.2, -0.15) is 0 Å². The van der Waals surface area contributed by atoms with Gasteiger partial charge in [0.15, 0.2) is 0 Å². The number of carbonyl (C=O) groups is 2. The third kappa shape index (κ3) is 6.21. The van der Waals surface area contributed by atoms with Gasteiger partial charge in [-0.1, -0.05) is 13.8 Å². The predicted molar refractivity (Wildman–Crippen MR) is 102 cm³/mol. The van der Waals surface area contributed by atoms with Crippen LogP contribution < -0.4 is 10.0 Å². The maximum atomic E-state index is 12.3. The molecular weight excluding hydrogens is 370 g/mol. The van der Waals surface area contributed by atoms with Crippen LogP contribution in [0.1, 0.15) is 33.1 Å². The monoisotopic (exact) mass is 397 g/mol. The van der Waals surface area contributed by atoms with Gasteiger partial charge in [0.05, 0.1) is 10.8 Å². The number of anilines is 1. The zero-order valence-corrected chi connectivity index (χ0v) is 16.5. The maximum absolute atomic E-state index is 12.3. The lowest BCUT2D eigenvalue weighted by Gasteiger charge is -2.30. The molecular formula is C18H27N3O5S. The van der Waals surface area contributed by atoms with E-state index in [-0.39, 0.29) is 17.5 Å². The number of carbonyl (C=O) groups excluding carboxylic acids is 1. The summed E-state index contributed by atoms with van der Waals surface area (Å²) < 4.78 is 27.0. The van der Waals surface area contributed by atoms with Crippen LogP contribution in [-0.4, -0.2) is 50.1 Å². The van der Waals surface area contributed by atoms with E-state index in [1.54, 1.807) is 0 Å². The number of hydrogen-bond acceptors (Lipinski definition) is 4. The van der Waals surface area contributed by atoms with Crippen LogP contribution in [0.2, 0.25) is 0 Å². The van der Waals surface area contributed by atoms with Crippen molar-refractivity contribution in [2.75, 3.05) is 25.0 Å². The van der Waals surface area contributed by atoms with E-state index in [0.717, 1.165) is 6.42 Å². The van der Waals surface area contributed by atoms with Crippen LogP contribution in [0.15, 0.2) is 29.2 Å². The van der Waals surface area contributed by atoms with Gasteiger partial charge in [-0.3, -0.25) is 4.79 Å². The van der Waals surface area contributed by atoms with Crippen LogP contribution in [0.5, 0.6) is 0 Å². The SMILES string of the molecule is CC(C)CCNS(=O)(=O)c1ccc(NC(=O)N2CCCC(C(=O)O)C2)cc1. The molecule has 1 aliphatic rings. The Hall–Kier alpha value is -2.13. The average Bonchev–Trinajstić information content (AvgIpc) is 2.61. The number of rotatable bonds is 7. The summed E-state index contributed by atoms with van der Waals surface area (Å²) >= 11 is 0. The minimum Gasteiger partial charge on any atom is -0.481 e. The second-order valence-electron chi connectivity index (χ2n) is 7.16. The van der Waals surface area contributed by atoms with Gasteiger partial charge in [-0.25, -0.2) is 17.9 Å². The lowest BCUT2D eigenvalue weighted by Crippen LogP contribution is -2.44. The highest BCUT2D eigenvalue weighted by molar-refractivity contribution is 7.89. The molecule has 150 valence electrons. The number of carboxylic acid groups (broad SMARTS) is 1. The Morgan fingerprint density at radius 1 is 1.26 bits per heavy atom. The molecule has 0 radical (unpaired) electrons. The predicted octanol–water partition coefficient (Wildman–Crippen LogP) is 2.34. The van der Waals surface area contributed by atoms with E-state index in [0.29, 0.717) is 37.5 Å². The highest BCUT2D eigenvalue weighted by Crippen LogP contribution is 2.19. The number of piperidine rings is 1. The Labute approximate surface area is 160 Å². The van der Waals surface area contributed by atoms with Crippen molar-refractivity contribution in [3.8, 4) is 0 Å². The van der Waals surface area contributed by atoms with Crippen molar-refractivity contribution in [2.45, 2.75) is 38.0 Å². The molecule has 1 saturated heterocycles. The Balaban J connectivity index is 1.95. The van der Waals surface area contributed by atoms with Crippen LogP contribution in [0.25, 0.3) is 0 Å². The Kier molecular flexibility index (Phi) is 7.20. The summed E-state index contributed by atoms with van der Waals surface area (Å²) in [5.41, 5.74) is 0.457. The molecule has 0 aliphatic carbocycles. The summed E-state index contributed by atoms with van der Waals surface area (Å²) in [6.07, 6.45) is 1.96. The van der Waals surface area contributed by atoms with Crippen molar-refractivity contribution in [1.82, 2.24) is 9.62 Å². The molecule has 2 amide bonds. The number of aliphatic carboxylic acids is 1. The van der Waals surface area contributed by atoms with Gasteiger partial charge < -0.3 is 15.3 Å². The van der Waals surface area contributed by atoms with E-state index in [4.69, 9.17) is 5.11 Å². The summed E-state index contributed by atoms with van der Waals surface area (Å²) in [7, 11) is -3.58. The number of amides is 2. The summed E-state index contributed by atoms with van der Waals surface area (Å²) in [6.45, 7) is 5.09. The third-order valence-corrected chi connectivity index (χ3v) is 5.96. The van der Waals surface area contributed by atoms with Gasteiger partial charge in [-0.15, -0.1) is 0 Å². The van der Waals surface area contributed by atoms with Crippen molar-refractivity contribution in [1.29, 1.82) is 0 Å². The molecule has 1 heterocycles. The smallest absolute Gasteiger partial charge is 0.321 e. The van der Waals surface area contributed by atoms with Gasteiger partial charge in [0.1, 0.15) is 0 Å². The number of nitrogens with zero attached hydrogens (tertiary/aromatic N) is 1. The molecule has 0 spiro atoms. The summed E-state index contributed by atoms with van der Waals surface area (Å²) in [4.78, 5) is 25.0. The van der Waals surface area contributed by atoms with E-state index in [1.807, 2.05) is 13.8 Å². The highest BCUT2D eigenvalue weighted by atomic mass is 32.2. The van der Waals surface area contributed by atoms with Gasteiger partial charge in [0.25, 0.3) is 0 Å². The van der Waals surface area contributed by atoms with Crippen molar-refractivity contribution in [2.24, 2.45) is 11.8 Å². The molecule has 1 aliphatic heterocycles. The van der Waals surface area contributed by atoms with Gasteiger partial charge in [-0.05, 0) is 49.4 Å². The molecule has 1 aromatic rings. The molecule has 1 unspecified atom stereocenters. The number of likely N-dealkylation sites (tertiary alicyclic amines) is 1. The molecule has 8 nitrogen and oxygen atoms in total. The van der Waals surface area contributed by atoms with Crippen LogP contribution in [0, 0.1) is 11.8 Å². The number of hydrogen-bond donors (Lipinski definition) is 3. The zero-order chi connectivity index (χ0) is 20.0. The molecule has 1 aromatic carbocycles. The summed E-state index contributed by atoms with van der Waals surface area (Å²) in [6, 6.07) is 5.53. The number of nitrogens with one attached hydrogen (secondary N) is 2. The normalized spacial score (nSPS) is 17.7. The molecule has 0 bridgehead atoms. The average molecular weight is 397 g/mol. The van der Waals surface area contributed by atoms with E-state index in [2.05, 4.69) is 10.0 Å². The summed E-state index contributed by atoms with van der Waals surface area (Å²) in [5, 5.41) is 11.8. The fourth-order valence-corrected chi connectivity index (χ4v) is 3.90. The molecule has 1 fully saturated rings.